The summed E-state index contributed by atoms with van der Waals surface area (Å²) in [5.74, 6) is -0.217. The van der Waals surface area contributed by atoms with Crippen molar-refractivity contribution in [3.05, 3.63) is 41.5 Å². The molecule has 1 aromatic rings. The molecule has 1 aliphatic rings. The fraction of sp³-hybridized carbons (Fsp3) is 0.182. The fourth-order valence-corrected chi connectivity index (χ4v) is 1.92. The number of alkyl halides is 1. The van der Waals surface area contributed by atoms with Crippen LogP contribution in [0.5, 0.6) is 0 Å². The van der Waals surface area contributed by atoms with E-state index in [9.17, 15) is 4.79 Å². The Labute approximate surface area is 90.7 Å². The smallest absolute Gasteiger partial charge is 0.339 e. The van der Waals surface area contributed by atoms with Crippen LogP contribution < -0.4 is 0 Å². The Bertz CT molecular complexity index is 382. The highest BCUT2D eigenvalue weighted by atomic mass is 79.9. The second kappa shape index (κ2) is 3.96. The number of esters is 1. The number of cyclic esters (lactones) is 1. The Morgan fingerprint density at radius 3 is 2.64 bits per heavy atom. The van der Waals surface area contributed by atoms with Gasteiger partial charge in [0.2, 0.25) is 0 Å². The monoisotopic (exact) mass is 252 g/mol. The van der Waals surface area contributed by atoms with Crippen molar-refractivity contribution < 1.29 is 9.53 Å². The lowest BCUT2D eigenvalue weighted by molar-refractivity contribution is -0.134. The van der Waals surface area contributed by atoms with Crippen LogP contribution in [0.2, 0.25) is 0 Å². The molecule has 72 valence electrons. The van der Waals surface area contributed by atoms with Crippen LogP contribution in [0.25, 0.3) is 5.57 Å². The molecule has 0 amide bonds. The van der Waals surface area contributed by atoms with E-state index in [0.717, 1.165) is 11.1 Å². The SMILES string of the molecule is O=C1OCC(CBr)=C1c1ccccc1. The third kappa shape index (κ3) is 1.60. The van der Waals surface area contributed by atoms with E-state index in [2.05, 4.69) is 15.9 Å². The van der Waals surface area contributed by atoms with E-state index >= 15 is 0 Å². The lowest BCUT2D eigenvalue weighted by Crippen LogP contribution is -1.98. The molecule has 0 radical (unpaired) electrons. The van der Waals surface area contributed by atoms with E-state index in [0.29, 0.717) is 17.5 Å². The number of carbonyl (C=O) groups excluding carboxylic acids is 1. The maximum absolute atomic E-state index is 11.4. The van der Waals surface area contributed by atoms with Gasteiger partial charge in [-0.1, -0.05) is 46.3 Å². The van der Waals surface area contributed by atoms with Crippen LogP contribution in [-0.2, 0) is 9.53 Å². The molecule has 0 N–H and O–H groups in total. The fourth-order valence-electron chi connectivity index (χ4n) is 1.47. The third-order valence-corrected chi connectivity index (χ3v) is 2.84. The second-order valence-electron chi connectivity index (χ2n) is 3.05. The maximum Gasteiger partial charge on any atom is 0.339 e. The Balaban J connectivity index is 2.46. The molecule has 0 saturated carbocycles. The Hall–Kier alpha value is -1.09. The summed E-state index contributed by atoms with van der Waals surface area (Å²) < 4.78 is 4.98. The average molecular weight is 253 g/mol. The van der Waals surface area contributed by atoms with Crippen molar-refractivity contribution in [1.29, 1.82) is 0 Å². The largest absolute Gasteiger partial charge is 0.457 e. The summed E-state index contributed by atoms with van der Waals surface area (Å²) in [6, 6.07) is 9.60. The molecule has 0 fully saturated rings. The van der Waals surface area contributed by atoms with Gasteiger partial charge in [-0.2, -0.15) is 0 Å². The van der Waals surface area contributed by atoms with Gasteiger partial charge in [0.15, 0.2) is 0 Å². The summed E-state index contributed by atoms with van der Waals surface area (Å²) in [5.41, 5.74) is 2.66. The van der Waals surface area contributed by atoms with Crippen molar-refractivity contribution in [3.8, 4) is 0 Å². The van der Waals surface area contributed by atoms with Crippen LogP contribution >= 0.6 is 15.9 Å². The highest BCUT2D eigenvalue weighted by molar-refractivity contribution is 9.09. The van der Waals surface area contributed by atoms with E-state index < -0.39 is 0 Å². The summed E-state index contributed by atoms with van der Waals surface area (Å²) >= 11 is 3.35. The van der Waals surface area contributed by atoms with Gasteiger partial charge in [-0.15, -0.1) is 0 Å². The molecular formula is C11H9BrO2. The van der Waals surface area contributed by atoms with Gasteiger partial charge >= 0.3 is 5.97 Å². The first-order chi connectivity index (χ1) is 6.83. The third-order valence-electron chi connectivity index (χ3n) is 2.16. The minimum Gasteiger partial charge on any atom is -0.457 e. The Morgan fingerprint density at radius 2 is 2.00 bits per heavy atom. The molecule has 2 rings (SSSR count). The van der Waals surface area contributed by atoms with Crippen LogP contribution in [0.15, 0.2) is 35.9 Å². The molecular weight excluding hydrogens is 244 g/mol. The van der Waals surface area contributed by atoms with Gasteiger partial charge in [0, 0.05) is 5.33 Å². The van der Waals surface area contributed by atoms with Crippen LogP contribution in [0.4, 0.5) is 0 Å². The molecule has 0 bridgehead atoms. The van der Waals surface area contributed by atoms with Crippen LogP contribution in [0.3, 0.4) is 0 Å². The van der Waals surface area contributed by atoms with Crippen molar-refractivity contribution in [3.63, 3.8) is 0 Å². The number of hydrogen-bond donors (Lipinski definition) is 0. The first-order valence-electron chi connectivity index (χ1n) is 4.33. The van der Waals surface area contributed by atoms with Crippen molar-refractivity contribution in [2.75, 3.05) is 11.9 Å². The number of ether oxygens (including phenoxy) is 1. The highest BCUT2D eigenvalue weighted by Crippen LogP contribution is 2.26. The molecule has 0 unspecified atom stereocenters. The lowest BCUT2D eigenvalue weighted by atomic mass is 10.0. The number of hydrogen-bond acceptors (Lipinski definition) is 2. The zero-order chi connectivity index (χ0) is 9.97. The number of benzene rings is 1. The van der Waals surface area contributed by atoms with E-state index in [1.165, 1.54) is 0 Å². The molecule has 0 atom stereocenters. The standard InChI is InChI=1S/C11H9BrO2/c12-6-9-7-14-11(13)10(9)8-4-2-1-3-5-8/h1-5H,6-7H2. The van der Waals surface area contributed by atoms with Crippen molar-refractivity contribution in [2.24, 2.45) is 0 Å². The van der Waals surface area contributed by atoms with E-state index in [1.807, 2.05) is 30.3 Å². The second-order valence-corrected chi connectivity index (χ2v) is 3.62. The normalized spacial score (nSPS) is 15.9. The summed E-state index contributed by atoms with van der Waals surface area (Å²) in [6.45, 7) is 0.411. The minimum atomic E-state index is -0.217. The molecule has 14 heavy (non-hydrogen) atoms. The maximum atomic E-state index is 11.4. The van der Waals surface area contributed by atoms with Gasteiger partial charge in [-0.05, 0) is 11.1 Å². The van der Waals surface area contributed by atoms with Crippen molar-refractivity contribution in [1.82, 2.24) is 0 Å². The van der Waals surface area contributed by atoms with Gasteiger partial charge in [0.1, 0.15) is 6.61 Å². The molecule has 0 aromatic heterocycles. The predicted molar refractivity (Wildman–Crippen MR) is 58.1 cm³/mol. The van der Waals surface area contributed by atoms with Crippen molar-refractivity contribution >= 4 is 27.5 Å². The van der Waals surface area contributed by atoms with E-state index in [-0.39, 0.29) is 5.97 Å². The van der Waals surface area contributed by atoms with Gasteiger partial charge in [0.05, 0.1) is 5.57 Å². The number of carbonyl (C=O) groups is 1. The van der Waals surface area contributed by atoms with Crippen LogP contribution in [0, 0.1) is 0 Å². The predicted octanol–water partition coefficient (Wildman–Crippen LogP) is 2.39. The van der Waals surface area contributed by atoms with Crippen LogP contribution in [0.1, 0.15) is 5.56 Å². The first-order valence-corrected chi connectivity index (χ1v) is 5.45. The molecule has 0 saturated heterocycles. The zero-order valence-corrected chi connectivity index (χ0v) is 9.08. The summed E-state index contributed by atoms with van der Waals surface area (Å²) in [5, 5.41) is 0.683. The summed E-state index contributed by atoms with van der Waals surface area (Å²) in [6.07, 6.45) is 0. The summed E-state index contributed by atoms with van der Waals surface area (Å²) in [4.78, 5) is 11.4. The summed E-state index contributed by atoms with van der Waals surface area (Å²) in [7, 11) is 0. The molecule has 1 heterocycles. The van der Waals surface area contributed by atoms with E-state index in [1.54, 1.807) is 0 Å². The topological polar surface area (TPSA) is 26.3 Å². The molecule has 1 aliphatic heterocycles. The van der Waals surface area contributed by atoms with Gasteiger partial charge in [-0.3, -0.25) is 0 Å². The molecule has 2 nitrogen and oxygen atoms in total. The highest BCUT2D eigenvalue weighted by Gasteiger charge is 2.24. The van der Waals surface area contributed by atoms with E-state index in [4.69, 9.17) is 4.74 Å². The first kappa shape index (κ1) is 9.46. The van der Waals surface area contributed by atoms with Gasteiger partial charge < -0.3 is 4.74 Å². The quantitative estimate of drug-likeness (QED) is 0.597. The molecule has 0 aliphatic carbocycles. The van der Waals surface area contributed by atoms with Crippen LogP contribution in [-0.4, -0.2) is 17.9 Å². The minimum absolute atomic E-state index is 0.217. The molecule has 3 heteroatoms. The molecule has 0 spiro atoms. The van der Waals surface area contributed by atoms with Gasteiger partial charge in [-0.25, -0.2) is 4.79 Å². The Kier molecular flexibility index (Phi) is 2.68. The van der Waals surface area contributed by atoms with Crippen molar-refractivity contribution in [2.45, 2.75) is 0 Å². The molecule has 1 aromatic carbocycles. The lowest BCUT2D eigenvalue weighted by Gasteiger charge is -2.00. The van der Waals surface area contributed by atoms with Gasteiger partial charge in [0.25, 0.3) is 0 Å². The number of halogens is 1. The zero-order valence-electron chi connectivity index (χ0n) is 7.50. The average Bonchev–Trinajstić information content (AvgIpc) is 2.61. The Morgan fingerprint density at radius 1 is 1.29 bits per heavy atom. The number of rotatable bonds is 2.